The zero-order chi connectivity index (χ0) is 22.9. The van der Waals surface area contributed by atoms with Crippen molar-refractivity contribution in [2.45, 2.75) is 6.54 Å². The summed E-state index contributed by atoms with van der Waals surface area (Å²) >= 11 is 5.74. The number of carbonyl (C=O) groups is 1. The van der Waals surface area contributed by atoms with E-state index in [4.69, 9.17) is 16.1 Å². The first kappa shape index (κ1) is 20.6. The second-order valence-corrected chi connectivity index (χ2v) is 7.43. The predicted octanol–water partition coefficient (Wildman–Crippen LogP) is 3.64. The number of nitrogens with zero attached hydrogens (tertiary/aromatic N) is 5. The van der Waals surface area contributed by atoms with Crippen LogP contribution in [0.15, 0.2) is 76.2 Å². The lowest BCUT2D eigenvalue weighted by atomic mass is 10.2. The second kappa shape index (κ2) is 8.32. The van der Waals surface area contributed by atoms with E-state index in [1.807, 2.05) is 30.3 Å². The van der Waals surface area contributed by atoms with Gasteiger partial charge >= 0.3 is 5.69 Å². The molecule has 1 amide bonds. The van der Waals surface area contributed by atoms with Crippen molar-refractivity contribution in [3.05, 3.63) is 88.2 Å². The number of nitrogens with one attached hydrogen (secondary N) is 1. The zero-order valence-corrected chi connectivity index (χ0v) is 17.5. The summed E-state index contributed by atoms with van der Waals surface area (Å²) in [6.07, 6.45) is 1.52. The van der Waals surface area contributed by atoms with Gasteiger partial charge in [0.05, 0.1) is 10.6 Å². The van der Waals surface area contributed by atoms with E-state index in [9.17, 15) is 14.0 Å². The predicted molar refractivity (Wildman–Crippen MR) is 118 cm³/mol. The molecule has 1 N–H and O–H groups in total. The van der Waals surface area contributed by atoms with Crippen LogP contribution in [-0.4, -0.2) is 30.2 Å². The van der Waals surface area contributed by atoms with Gasteiger partial charge in [-0.25, -0.2) is 18.3 Å². The van der Waals surface area contributed by atoms with Crippen molar-refractivity contribution in [2.24, 2.45) is 0 Å². The molecule has 3 aromatic heterocycles. The number of carbonyl (C=O) groups excluding carboxylic acids is 1. The Kier molecular flexibility index (Phi) is 5.19. The molecule has 0 radical (unpaired) electrons. The van der Waals surface area contributed by atoms with E-state index in [0.717, 1.165) is 16.3 Å². The summed E-state index contributed by atoms with van der Waals surface area (Å²) in [7, 11) is 0. The van der Waals surface area contributed by atoms with Gasteiger partial charge in [0.2, 0.25) is 11.7 Å². The summed E-state index contributed by atoms with van der Waals surface area (Å²) < 4.78 is 21.0. The van der Waals surface area contributed by atoms with Crippen LogP contribution in [0.25, 0.3) is 28.5 Å². The molecule has 0 atom stereocenters. The highest BCUT2D eigenvalue weighted by molar-refractivity contribution is 6.31. The Morgan fingerprint density at radius 1 is 1.12 bits per heavy atom. The second-order valence-electron chi connectivity index (χ2n) is 7.02. The first-order valence-electron chi connectivity index (χ1n) is 9.72. The fraction of sp³-hybridized carbons (Fsp3) is 0.0455. The van der Waals surface area contributed by atoms with Crippen LogP contribution < -0.4 is 11.0 Å². The Morgan fingerprint density at radius 3 is 2.73 bits per heavy atom. The van der Waals surface area contributed by atoms with Crippen LogP contribution in [0.4, 0.5) is 10.1 Å². The summed E-state index contributed by atoms with van der Waals surface area (Å²) in [4.78, 5) is 29.6. The first-order valence-corrected chi connectivity index (χ1v) is 10.1. The molecule has 0 unspecified atom stereocenters. The maximum absolute atomic E-state index is 13.3. The minimum atomic E-state index is -0.602. The number of rotatable bonds is 5. The molecule has 0 aliphatic rings. The Balaban J connectivity index is 1.44. The van der Waals surface area contributed by atoms with Crippen LogP contribution in [0, 0.1) is 5.82 Å². The van der Waals surface area contributed by atoms with E-state index < -0.39 is 17.4 Å². The Bertz CT molecular complexity index is 1540. The summed E-state index contributed by atoms with van der Waals surface area (Å²) in [6, 6.07) is 16.4. The van der Waals surface area contributed by atoms with Crippen LogP contribution in [0.3, 0.4) is 0 Å². The molecule has 5 aromatic rings. The number of hydrogen-bond acceptors (Lipinski definition) is 6. The maximum Gasteiger partial charge on any atom is 0.350 e. The molecule has 2 aromatic carbocycles. The van der Waals surface area contributed by atoms with Crippen LogP contribution in [0.5, 0.6) is 0 Å². The molecule has 5 rings (SSSR count). The summed E-state index contributed by atoms with van der Waals surface area (Å²) in [5.41, 5.74) is 1.24. The molecule has 0 spiro atoms. The highest BCUT2D eigenvalue weighted by atomic mass is 35.5. The number of hydrogen-bond donors (Lipinski definition) is 1. The lowest BCUT2D eigenvalue weighted by Gasteiger charge is -2.05. The summed E-state index contributed by atoms with van der Waals surface area (Å²) in [5, 5.41) is 10.7. The third-order valence-electron chi connectivity index (χ3n) is 4.79. The highest BCUT2D eigenvalue weighted by Crippen LogP contribution is 2.24. The monoisotopic (exact) mass is 464 g/mol. The van der Waals surface area contributed by atoms with Gasteiger partial charge in [-0.2, -0.15) is 4.98 Å². The fourth-order valence-corrected chi connectivity index (χ4v) is 3.44. The Morgan fingerprint density at radius 2 is 1.94 bits per heavy atom. The van der Waals surface area contributed by atoms with E-state index in [2.05, 4.69) is 20.6 Å². The fourth-order valence-electron chi connectivity index (χ4n) is 3.26. The van der Waals surface area contributed by atoms with Crippen molar-refractivity contribution in [1.82, 2.24) is 24.3 Å². The van der Waals surface area contributed by atoms with Crippen molar-refractivity contribution < 1.29 is 13.7 Å². The highest BCUT2D eigenvalue weighted by Gasteiger charge is 2.18. The summed E-state index contributed by atoms with van der Waals surface area (Å²) in [6.45, 7) is -0.367. The van der Waals surface area contributed by atoms with Crippen molar-refractivity contribution in [1.29, 1.82) is 0 Å². The lowest BCUT2D eigenvalue weighted by Crippen LogP contribution is -2.28. The third kappa shape index (κ3) is 3.99. The molecule has 0 saturated heterocycles. The Labute approximate surface area is 190 Å². The maximum atomic E-state index is 13.3. The molecule has 11 heteroatoms. The molecule has 9 nitrogen and oxygen atoms in total. The van der Waals surface area contributed by atoms with Gasteiger partial charge in [-0.1, -0.05) is 47.1 Å². The van der Waals surface area contributed by atoms with Crippen LogP contribution in [0.2, 0.25) is 5.02 Å². The van der Waals surface area contributed by atoms with Gasteiger partial charge in [-0.3, -0.25) is 4.79 Å². The minimum Gasteiger partial charge on any atom is -0.333 e. The number of halogens is 2. The van der Waals surface area contributed by atoms with Crippen molar-refractivity contribution in [3.63, 3.8) is 0 Å². The van der Waals surface area contributed by atoms with Gasteiger partial charge in [-0.15, -0.1) is 5.10 Å². The first-order chi connectivity index (χ1) is 16.0. The average Bonchev–Trinajstić information content (AvgIpc) is 3.42. The van der Waals surface area contributed by atoms with Crippen molar-refractivity contribution in [3.8, 4) is 22.8 Å². The zero-order valence-electron chi connectivity index (χ0n) is 16.8. The van der Waals surface area contributed by atoms with Gasteiger partial charge < -0.3 is 9.84 Å². The molecule has 0 bridgehead atoms. The van der Waals surface area contributed by atoms with Crippen LogP contribution in [0.1, 0.15) is 0 Å². The molecule has 0 saturated carbocycles. The minimum absolute atomic E-state index is 0.128. The number of aromatic nitrogens is 5. The smallest absolute Gasteiger partial charge is 0.333 e. The van der Waals surface area contributed by atoms with Gasteiger partial charge in [0.1, 0.15) is 12.4 Å². The molecular weight excluding hydrogens is 451 g/mol. The van der Waals surface area contributed by atoms with Gasteiger partial charge in [0, 0.05) is 17.4 Å². The Hall–Kier alpha value is -4.31. The van der Waals surface area contributed by atoms with Crippen LogP contribution >= 0.6 is 11.6 Å². The topological polar surface area (TPSA) is 107 Å². The molecule has 0 fully saturated rings. The van der Waals surface area contributed by atoms with Crippen molar-refractivity contribution in [2.75, 3.05) is 5.32 Å². The van der Waals surface area contributed by atoms with E-state index >= 15 is 0 Å². The average molecular weight is 465 g/mol. The van der Waals surface area contributed by atoms with E-state index in [1.165, 1.54) is 22.7 Å². The molecule has 0 aliphatic heterocycles. The summed E-state index contributed by atoms with van der Waals surface area (Å²) in [5.74, 6) is -0.558. The van der Waals surface area contributed by atoms with E-state index in [0.29, 0.717) is 17.1 Å². The standard InChI is InChI=1S/C22H14ClFN6O3/c23-16-11-14(8-9-17(16)24)25-18(31)12-30-22(32)29-10-4-7-15(20(29)27-30)21-26-19(28-33-21)13-5-2-1-3-6-13/h1-11H,12H2,(H,25,31). The largest absolute Gasteiger partial charge is 0.350 e. The van der Waals surface area contributed by atoms with Crippen LogP contribution in [-0.2, 0) is 11.3 Å². The third-order valence-corrected chi connectivity index (χ3v) is 5.08. The number of amides is 1. The SMILES string of the molecule is O=C(Cn1nc2c(-c3nc(-c4ccccc4)no3)cccn2c1=O)Nc1ccc(F)c(Cl)c1. The number of pyridine rings is 1. The van der Waals surface area contributed by atoms with Gasteiger partial charge in [-0.05, 0) is 30.3 Å². The number of fused-ring (bicyclic) bond motifs is 1. The number of benzene rings is 2. The molecule has 3 heterocycles. The number of anilines is 1. The van der Waals surface area contributed by atoms with E-state index in [-0.39, 0.29) is 23.1 Å². The van der Waals surface area contributed by atoms with E-state index in [1.54, 1.807) is 12.1 Å². The quantitative estimate of drug-likeness (QED) is 0.425. The normalized spacial score (nSPS) is 11.1. The molecule has 164 valence electrons. The van der Waals surface area contributed by atoms with Crippen molar-refractivity contribution >= 4 is 28.8 Å². The lowest BCUT2D eigenvalue weighted by molar-refractivity contribution is -0.117. The molecular formula is C22H14ClFN6O3. The van der Waals surface area contributed by atoms with Gasteiger partial charge in [0.25, 0.3) is 5.89 Å². The molecule has 33 heavy (non-hydrogen) atoms. The van der Waals surface area contributed by atoms with Gasteiger partial charge in [0.15, 0.2) is 5.65 Å². The molecule has 0 aliphatic carbocycles.